The number of hydrogen-bond acceptors (Lipinski definition) is 3. The molecule has 86 valence electrons. The molecule has 2 fully saturated rings. The van der Waals surface area contributed by atoms with E-state index in [1.165, 1.54) is 25.7 Å². The quantitative estimate of drug-likeness (QED) is 0.768. The Kier molecular flexibility index (Phi) is 3.92. The fraction of sp³-hybridized carbons (Fsp3) is 0.909. The minimum atomic E-state index is 0.0642. The summed E-state index contributed by atoms with van der Waals surface area (Å²) in [5, 5.41) is 3.31. The molecule has 1 saturated carbocycles. The molecule has 1 N–H and O–H groups in total. The zero-order valence-electron chi connectivity index (χ0n) is 9.37. The van der Waals surface area contributed by atoms with Crippen LogP contribution in [0, 0.1) is 0 Å². The monoisotopic (exact) mass is 228 g/mol. The lowest BCUT2D eigenvalue weighted by molar-refractivity contribution is -0.133. The Morgan fingerprint density at radius 2 is 2.13 bits per heavy atom. The van der Waals surface area contributed by atoms with Gasteiger partial charge in [-0.25, -0.2) is 0 Å². The van der Waals surface area contributed by atoms with Crippen molar-refractivity contribution in [2.75, 3.05) is 25.1 Å². The van der Waals surface area contributed by atoms with E-state index in [0.717, 1.165) is 18.1 Å². The van der Waals surface area contributed by atoms with E-state index in [2.05, 4.69) is 5.32 Å². The van der Waals surface area contributed by atoms with Crippen LogP contribution < -0.4 is 5.32 Å². The van der Waals surface area contributed by atoms with Gasteiger partial charge in [-0.15, -0.1) is 0 Å². The van der Waals surface area contributed by atoms with Gasteiger partial charge in [0.1, 0.15) is 0 Å². The van der Waals surface area contributed by atoms with Crippen molar-refractivity contribution in [3.8, 4) is 0 Å². The zero-order valence-corrected chi connectivity index (χ0v) is 10.2. The molecule has 1 atom stereocenters. The summed E-state index contributed by atoms with van der Waals surface area (Å²) < 4.78 is 0. The fourth-order valence-corrected chi connectivity index (χ4v) is 3.37. The second-order valence-corrected chi connectivity index (χ2v) is 5.62. The molecule has 0 spiro atoms. The van der Waals surface area contributed by atoms with E-state index < -0.39 is 0 Å². The Balaban J connectivity index is 1.87. The minimum Gasteiger partial charge on any atom is -0.341 e. The van der Waals surface area contributed by atoms with Crippen molar-refractivity contribution < 1.29 is 4.79 Å². The van der Waals surface area contributed by atoms with Gasteiger partial charge in [-0.2, -0.15) is 11.8 Å². The third-order valence-corrected chi connectivity index (χ3v) is 4.50. The lowest BCUT2D eigenvalue weighted by Gasteiger charge is -2.30. The van der Waals surface area contributed by atoms with Gasteiger partial charge in [-0.05, 0) is 12.8 Å². The molecule has 1 unspecified atom stereocenters. The molecule has 1 amide bonds. The van der Waals surface area contributed by atoms with Gasteiger partial charge in [-0.1, -0.05) is 12.8 Å². The van der Waals surface area contributed by atoms with Gasteiger partial charge in [-0.3, -0.25) is 4.79 Å². The number of amides is 1. The fourth-order valence-electron chi connectivity index (χ4n) is 2.44. The van der Waals surface area contributed by atoms with E-state index in [1.54, 1.807) is 0 Å². The predicted octanol–water partition coefficient (Wildman–Crippen LogP) is 1.09. The van der Waals surface area contributed by atoms with Crippen molar-refractivity contribution >= 4 is 17.7 Å². The van der Waals surface area contributed by atoms with Crippen LogP contribution in [0.2, 0.25) is 0 Å². The number of carbonyl (C=O) groups excluding carboxylic acids is 1. The third kappa shape index (κ3) is 2.67. The van der Waals surface area contributed by atoms with Crippen LogP contribution in [-0.2, 0) is 4.79 Å². The van der Waals surface area contributed by atoms with Crippen LogP contribution in [0.3, 0.4) is 0 Å². The Morgan fingerprint density at radius 1 is 1.40 bits per heavy atom. The molecule has 2 rings (SSSR count). The number of thioether (sulfide) groups is 1. The molecule has 0 bridgehead atoms. The van der Waals surface area contributed by atoms with Crippen molar-refractivity contribution in [1.29, 1.82) is 0 Å². The number of carbonyl (C=O) groups is 1. The van der Waals surface area contributed by atoms with Crippen molar-refractivity contribution in [3.05, 3.63) is 0 Å². The first-order chi connectivity index (χ1) is 7.29. The summed E-state index contributed by atoms with van der Waals surface area (Å²) in [6.45, 7) is 0.972. The summed E-state index contributed by atoms with van der Waals surface area (Å²) >= 11 is 1.88. The first kappa shape index (κ1) is 11.3. The van der Waals surface area contributed by atoms with Crippen LogP contribution >= 0.6 is 11.8 Å². The highest BCUT2D eigenvalue weighted by molar-refractivity contribution is 7.99. The summed E-state index contributed by atoms with van der Waals surface area (Å²) in [7, 11) is 1.97. The normalized spacial score (nSPS) is 27.9. The molecule has 4 heteroatoms. The second-order valence-electron chi connectivity index (χ2n) is 4.47. The second kappa shape index (κ2) is 5.21. The first-order valence-electron chi connectivity index (χ1n) is 5.87. The van der Waals surface area contributed by atoms with Gasteiger partial charge in [0, 0.05) is 31.1 Å². The predicted molar refractivity (Wildman–Crippen MR) is 64.1 cm³/mol. The smallest absolute Gasteiger partial charge is 0.240 e. The van der Waals surface area contributed by atoms with Gasteiger partial charge in [0.2, 0.25) is 5.91 Å². The molecule has 3 nitrogen and oxygen atoms in total. The van der Waals surface area contributed by atoms with Crippen molar-refractivity contribution in [2.24, 2.45) is 0 Å². The summed E-state index contributed by atoms with van der Waals surface area (Å²) in [6, 6.07) is 0.570. The van der Waals surface area contributed by atoms with Crippen LogP contribution in [0.4, 0.5) is 0 Å². The highest BCUT2D eigenvalue weighted by atomic mass is 32.2. The average Bonchev–Trinajstić information content (AvgIpc) is 2.82. The maximum Gasteiger partial charge on any atom is 0.240 e. The zero-order chi connectivity index (χ0) is 10.7. The van der Waals surface area contributed by atoms with Crippen LogP contribution in [-0.4, -0.2) is 48.0 Å². The lowest BCUT2D eigenvalue weighted by Crippen LogP contribution is -2.51. The molecule has 0 aromatic rings. The first-order valence-corrected chi connectivity index (χ1v) is 7.02. The van der Waals surface area contributed by atoms with E-state index in [0.29, 0.717) is 11.9 Å². The highest BCUT2D eigenvalue weighted by Gasteiger charge is 2.29. The summed E-state index contributed by atoms with van der Waals surface area (Å²) in [5.74, 6) is 2.38. The topological polar surface area (TPSA) is 32.3 Å². The van der Waals surface area contributed by atoms with E-state index >= 15 is 0 Å². The third-order valence-electron chi connectivity index (χ3n) is 3.44. The number of nitrogens with zero attached hydrogens (tertiary/aromatic N) is 1. The largest absolute Gasteiger partial charge is 0.341 e. The van der Waals surface area contributed by atoms with E-state index in [1.807, 2.05) is 23.7 Å². The van der Waals surface area contributed by atoms with E-state index in [-0.39, 0.29) is 6.04 Å². The summed E-state index contributed by atoms with van der Waals surface area (Å²) in [5.41, 5.74) is 0. The van der Waals surface area contributed by atoms with Crippen molar-refractivity contribution in [1.82, 2.24) is 10.2 Å². The van der Waals surface area contributed by atoms with Crippen LogP contribution in [0.15, 0.2) is 0 Å². The van der Waals surface area contributed by atoms with Crippen LogP contribution in [0.5, 0.6) is 0 Å². The Morgan fingerprint density at radius 3 is 2.73 bits per heavy atom. The van der Waals surface area contributed by atoms with Crippen LogP contribution in [0.1, 0.15) is 25.7 Å². The number of nitrogens with one attached hydrogen (secondary N) is 1. The molecule has 1 aliphatic carbocycles. The molecule has 0 aromatic carbocycles. The minimum absolute atomic E-state index is 0.0642. The highest BCUT2D eigenvalue weighted by Crippen LogP contribution is 2.23. The van der Waals surface area contributed by atoms with E-state index in [9.17, 15) is 4.79 Å². The van der Waals surface area contributed by atoms with Gasteiger partial charge in [0.05, 0.1) is 6.04 Å². The van der Waals surface area contributed by atoms with Gasteiger partial charge in [0.15, 0.2) is 0 Å². The number of rotatable bonds is 2. The maximum absolute atomic E-state index is 12.1. The SMILES string of the molecule is CN(C(=O)C1CSCCN1)C1CCCC1. The Labute approximate surface area is 96.0 Å². The van der Waals surface area contributed by atoms with Crippen molar-refractivity contribution in [3.63, 3.8) is 0 Å². The Hall–Kier alpha value is -0.220. The molecule has 2 aliphatic rings. The molecular formula is C11H20N2OS. The standard InChI is InChI=1S/C11H20N2OS/c1-13(9-4-2-3-5-9)11(14)10-8-15-7-6-12-10/h9-10,12H,2-8H2,1H3. The lowest BCUT2D eigenvalue weighted by atomic mass is 10.2. The number of hydrogen-bond donors (Lipinski definition) is 1. The molecule has 0 radical (unpaired) electrons. The van der Waals surface area contributed by atoms with Crippen LogP contribution in [0.25, 0.3) is 0 Å². The van der Waals surface area contributed by atoms with Gasteiger partial charge >= 0.3 is 0 Å². The molecule has 1 aliphatic heterocycles. The van der Waals surface area contributed by atoms with E-state index in [4.69, 9.17) is 0 Å². The summed E-state index contributed by atoms with van der Waals surface area (Å²) in [4.78, 5) is 14.1. The maximum atomic E-state index is 12.1. The molecule has 0 aromatic heterocycles. The Bertz CT molecular complexity index is 223. The van der Waals surface area contributed by atoms with Crippen molar-refractivity contribution in [2.45, 2.75) is 37.8 Å². The van der Waals surface area contributed by atoms with Gasteiger partial charge in [0.25, 0.3) is 0 Å². The summed E-state index contributed by atoms with van der Waals surface area (Å²) in [6.07, 6.45) is 4.97. The number of likely N-dealkylation sites (N-methyl/N-ethyl adjacent to an activating group) is 1. The van der Waals surface area contributed by atoms with Gasteiger partial charge < -0.3 is 10.2 Å². The molecule has 1 heterocycles. The molecular weight excluding hydrogens is 208 g/mol. The average molecular weight is 228 g/mol. The molecule has 1 saturated heterocycles. The molecule has 15 heavy (non-hydrogen) atoms.